The van der Waals surface area contributed by atoms with Crippen LogP contribution in [0, 0.1) is 0 Å². The van der Waals surface area contributed by atoms with E-state index in [9.17, 15) is 9.59 Å². The second-order valence-corrected chi connectivity index (χ2v) is 7.38. The molecule has 0 saturated carbocycles. The molecule has 4 heteroatoms. The maximum atomic E-state index is 12.5. The molecule has 1 atom stereocenters. The molecule has 1 saturated heterocycles. The van der Waals surface area contributed by atoms with Gasteiger partial charge in [-0.15, -0.1) is 0 Å². The van der Waals surface area contributed by atoms with Gasteiger partial charge < -0.3 is 9.64 Å². The highest BCUT2D eigenvalue weighted by Gasteiger charge is 2.44. The van der Waals surface area contributed by atoms with Gasteiger partial charge in [0.2, 0.25) is 5.91 Å². The van der Waals surface area contributed by atoms with E-state index in [1.165, 1.54) is 18.2 Å². The summed E-state index contributed by atoms with van der Waals surface area (Å²) < 4.78 is 4.89. The normalized spacial score (nSPS) is 21.7. The Labute approximate surface area is 153 Å². The van der Waals surface area contributed by atoms with Crippen LogP contribution in [0.4, 0.5) is 0 Å². The van der Waals surface area contributed by atoms with Crippen molar-refractivity contribution in [1.29, 1.82) is 0 Å². The molecule has 2 aromatic rings. The van der Waals surface area contributed by atoms with Gasteiger partial charge in [-0.05, 0) is 48.1 Å². The fraction of sp³-hybridized carbons (Fsp3) is 0.364. The van der Waals surface area contributed by atoms with Gasteiger partial charge in [0, 0.05) is 24.9 Å². The van der Waals surface area contributed by atoms with E-state index >= 15 is 0 Å². The van der Waals surface area contributed by atoms with E-state index in [2.05, 4.69) is 12.1 Å². The molecule has 1 unspecified atom stereocenters. The molecule has 0 aromatic heterocycles. The van der Waals surface area contributed by atoms with Crippen LogP contribution in [0.25, 0.3) is 0 Å². The number of hydrogen-bond donors (Lipinski definition) is 0. The van der Waals surface area contributed by atoms with Crippen molar-refractivity contribution in [1.82, 2.24) is 4.90 Å². The first kappa shape index (κ1) is 16.8. The van der Waals surface area contributed by atoms with Crippen LogP contribution in [0.1, 0.15) is 46.3 Å². The largest absolute Gasteiger partial charge is 0.465 e. The SMILES string of the molecule is COC(=O)c1ccc2c(c1)C1(CCC(=O)N(Cc3ccccc3)C1)CC2. The third-order valence-electron chi connectivity index (χ3n) is 5.86. The second-order valence-electron chi connectivity index (χ2n) is 7.38. The molecule has 4 nitrogen and oxygen atoms in total. The summed E-state index contributed by atoms with van der Waals surface area (Å²) in [7, 11) is 1.41. The fourth-order valence-corrected chi connectivity index (χ4v) is 4.45. The van der Waals surface area contributed by atoms with Gasteiger partial charge in [-0.1, -0.05) is 36.4 Å². The number of esters is 1. The van der Waals surface area contributed by atoms with Crippen LogP contribution in [0.15, 0.2) is 48.5 Å². The minimum absolute atomic E-state index is 0.0396. The van der Waals surface area contributed by atoms with Gasteiger partial charge in [0.1, 0.15) is 0 Å². The van der Waals surface area contributed by atoms with Crippen LogP contribution in [0.2, 0.25) is 0 Å². The third-order valence-corrected chi connectivity index (χ3v) is 5.86. The zero-order valence-corrected chi connectivity index (χ0v) is 15.0. The van der Waals surface area contributed by atoms with Crippen LogP contribution in [-0.4, -0.2) is 30.4 Å². The van der Waals surface area contributed by atoms with Crippen molar-refractivity contribution < 1.29 is 14.3 Å². The van der Waals surface area contributed by atoms with Crippen LogP contribution >= 0.6 is 0 Å². The van der Waals surface area contributed by atoms with Gasteiger partial charge in [0.05, 0.1) is 12.7 Å². The molecule has 1 heterocycles. The fourth-order valence-electron chi connectivity index (χ4n) is 4.45. The van der Waals surface area contributed by atoms with Gasteiger partial charge in [-0.25, -0.2) is 4.79 Å². The number of piperidine rings is 1. The monoisotopic (exact) mass is 349 g/mol. The number of amides is 1. The molecule has 2 aromatic carbocycles. The Morgan fingerprint density at radius 2 is 1.88 bits per heavy atom. The molecule has 1 spiro atoms. The molecule has 1 fully saturated rings. The van der Waals surface area contributed by atoms with E-state index in [1.807, 2.05) is 41.3 Å². The number of aryl methyl sites for hydroxylation is 1. The van der Waals surface area contributed by atoms with Crippen LogP contribution in [0.3, 0.4) is 0 Å². The lowest BCUT2D eigenvalue weighted by Crippen LogP contribution is -2.47. The Kier molecular flexibility index (Phi) is 4.27. The first-order valence-electron chi connectivity index (χ1n) is 9.15. The predicted molar refractivity (Wildman–Crippen MR) is 98.9 cm³/mol. The summed E-state index contributed by atoms with van der Waals surface area (Å²) in [6, 6.07) is 16.0. The van der Waals surface area contributed by atoms with Crippen molar-refractivity contribution in [2.24, 2.45) is 0 Å². The molecule has 1 amide bonds. The van der Waals surface area contributed by atoms with Crippen molar-refractivity contribution in [3.05, 3.63) is 70.8 Å². The minimum atomic E-state index is -0.303. The van der Waals surface area contributed by atoms with Gasteiger partial charge in [0.15, 0.2) is 0 Å². The summed E-state index contributed by atoms with van der Waals surface area (Å²) in [4.78, 5) is 26.5. The first-order valence-corrected chi connectivity index (χ1v) is 9.15. The molecule has 0 N–H and O–H groups in total. The molecule has 134 valence electrons. The Morgan fingerprint density at radius 1 is 1.12 bits per heavy atom. The number of hydrogen-bond acceptors (Lipinski definition) is 3. The highest BCUT2D eigenvalue weighted by Crippen LogP contribution is 2.45. The second kappa shape index (κ2) is 6.60. The van der Waals surface area contributed by atoms with Crippen LogP contribution in [0.5, 0.6) is 0 Å². The lowest BCUT2D eigenvalue weighted by atomic mass is 9.74. The highest BCUT2D eigenvalue weighted by atomic mass is 16.5. The standard InChI is InChI=1S/C22H23NO3/c1-26-21(25)18-8-7-17-9-11-22(19(17)13-18)12-10-20(24)23(15-22)14-16-5-3-2-4-6-16/h2-8,13H,9-12,14-15H2,1H3. The Morgan fingerprint density at radius 3 is 2.65 bits per heavy atom. The zero-order valence-electron chi connectivity index (χ0n) is 15.0. The summed E-state index contributed by atoms with van der Waals surface area (Å²) >= 11 is 0. The highest BCUT2D eigenvalue weighted by molar-refractivity contribution is 5.90. The van der Waals surface area contributed by atoms with Crippen molar-refractivity contribution >= 4 is 11.9 Å². The summed E-state index contributed by atoms with van der Waals surface area (Å²) in [5.41, 5.74) is 4.23. The van der Waals surface area contributed by atoms with Gasteiger partial charge in [-0.3, -0.25) is 4.79 Å². The van der Waals surface area contributed by atoms with E-state index in [0.717, 1.165) is 31.4 Å². The number of likely N-dealkylation sites (tertiary alicyclic amines) is 1. The Balaban J connectivity index is 1.64. The molecule has 1 aliphatic heterocycles. The topological polar surface area (TPSA) is 46.6 Å². The van der Waals surface area contributed by atoms with E-state index in [4.69, 9.17) is 4.74 Å². The lowest BCUT2D eigenvalue weighted by molar-refractivity contribution is -0.136. The quantitative estimate of drug-likeness (QED) is 0.797. The maximum absolute atomic E-state index is 12.5. The summed E-state index contributed by atoms with van der Waals surface area (Å²) in [5.74, 6) is -0.0834. The third kappa shape index (κ3) is 2.90. The lowest BCUT2D eigenvalue weighted by Gasteiger charge is -2.41. The first-order chi connectivity index (χ1) is 12.6. The number of carbonyl (C=O) groups excluding carboxylic acids is 2. The van der Waals surface area contributed by atoms with Crippen molar-refractivity contribution in [2.75, 3.05) is 13.7 Å². The molecule has 0 radical (unpaired) electrons. The molecular weight excluding hydrogens is 326 g/mol. The number of ether oxygens (including phenoxy) is 1. The van der Waals surface area contributed by atoms with Crippen LogP contribution < -0.4 is 0 Å². The number of nitrogens with zero attached hydrogens (tertiary/aromatic N) is 1. The number of rotatable bonds is 3. The van der Waals surface area contributed by atoms with E-state index in [-0.39, 0.29) is 17.3 Å². The number of benzene rings is 2. The van der Waals surface area contributed by atoms with Gasteiger partial charge >= 0.3 is 5.97 Å². The Bertz CT molecular complexity index is 846. The Hall–Kier alpha value is -2.62. The number of methoxy groups -OCH3 is 1. The minimum Gasteiger partial charge on any atom is -0.465 e. The summed E-state index contributed by atoms with van der Waals surface area (Å²) in [6.07, 6.45) is 3.46. The smallest absolute Gasteiger partial charge is 0.337 e. The zero-order chi connectivity index (χ0) is 18.1. The van der Waals surface area contributed by atoms with Crippen molar-refractivity contribution in [2.45, 2.75) is 37.6 Å². The predicted octanol–water partition coefficient (Wildman–Crippen LogP) is 3.48. The van der Waals surface area contributed by atoms with E-state index in [1.54, 1.807) is 0 Å². The molecule has 2 aliphatic rings. The van der Waals surface area contributed by atoms with Gasteiger partial charge in [0.25, 0.3) is 0 Å². The van der Waals surface area contributed by atoms with E-state index in [0.29, 0.717) is 18.5 Å². The van der Waals surface area contributed by atoms with Crippen LogP contribution in [-0.2, 0) is 27.9 Å². The number of fused-ring (bicyclic) bond motifs is 2. The van der Waals surface area contributed by atoms with Gasteiger partial charge in [-0.2, -0.15) is 0 Å². The summed E-state index contributed by atoms with van der Waals surface area (Å²) in [5, 5.41) is 0. The van der Waals surface area contributed by atoms with Crippen molar-refractivity contribution in [3.8, 4) is 0 Å². The average molecular weight is 349 g/mol. The molecule has 26 heavy (non-hydrogen) atoms. The molecule has 4 rings (SSSR count). The number of carbonyl (C=O) groups is 2. The summed E-state index contributed by atoms with van der Waals surface area (Å²) in [6.45, 7) is 1.37. The molecule has 0 bridgehead atoms. The molecular formula is C22H23NO3. The maximum Gasteiger partial charge on any atom is 0.337 e. The van der Waals surface area contributed by atoms with E-state index < -0.39 is 0 Å². The average Bonchev–Trinajstić information content (AvgIpc) is 3.02. The molecule has 1 aliphatic carbocycles. The van der Waals surface area contributed by atoms with Crippen molar-refractivity contribution in [3.63, 3.8) is 0 Å².